The van der Waals surface area contributed by atoms with Gasteiger partial charge in [0.05, 0.1) is 0 Å². The highest BCUT2D eigenvalue weighted by atomic mass is 35.5. The lowest BCUT2D eigenvalue weighted by molar-refractivity contribution is 0.243. The fourth-order valence-corrected chi connectivity index (χ4v) is 2.93. The van der Waals surface area contributed by atoms with E-state index in [2.05, 4.69) is 9.80 Å². The molecule has 0 N–H and O–H groups in total. The summed E-state index contributed by atoms with van der Waals surface area (Å²) in [7, 11) is 0. The van der Waals surface area contributed by atoms with Crippen LogP contribution in [0.25, 0.3) is 0 Å². The smallest absolute Gasteiger partial charge is 0.130 e. The van der Waals surface area contributed by atoms with Crippen molar-refractivity contribution in [1.82, 2.24) is 4.90 Å². The van der Waals surface area contributed by atoms with Gasteiger partial charge < -0.3 is 4.90 Å². The minimum Gasteiger partial charge on any atom is -0.369 e. The zero-order chi connectivity index (χ0) is 15.5. The van der Waals surface area contributed by atoms with Crippen LogP contribution < -0.4 is 4.90 Å². The summed E-state index contributed by atoms with van der Waals surface area (Å²) in [5.74, 6) is -0.949. The Morgan fingerprint density at radius 2 is 1.55 bits per heavy atom. The van der Waals surface area contributed by atoms with E-state index in [0.717, 1.165) is 31.9 Å². The highest BCUT2D eigenvalue weighted by Crippen LogP contribution is 2.22. The molecule has 0 unspecified atom stereocenters. The quantitative estimate of drug-likeness (QED) is 0.844. The van der Waals surface area contributed by atoms with E-state index in [-0.39, 0.29) is 5.56 Å². The Kier molecular flexibility index (Phi) is 4.60. The van der Waals surface area contributed by atoms with Crippen LogP contribution in [-0.4, -0.2) is 31.1 Å². The van der Waals surface area contributed by atoms with Gasteiger partial charge in [0.2, 0.25) is 0 Å². The second-order valence-corrected chi connectivity index (χ2v) is 5.88. The summed E-state index contributed by atoms with van der Waals surface area (Å²) in [6.07, 6.45) is 0. The average molecular weight is 323 g/mol. The summed E-state index contributed by atoms with van der Waals surface area (Å²) in [6, 6.07) is 11.7. The summed E-state index contributed by atoms with van der Waals surface area (Å²) < 4.78 is 27.4. The summed E-state index contributed by atoms with van der Waals surface area (Å²) >= 11 is 6.01. The maximum Gasteiger partial charge on any atom is 0.130 e. The molecular formula is C17H17ClF2N2. The fourth-order valence-electron chi connectivity index (χ4n) is 2.74. The molecular weight excluding hydrogens is 306 g/mol. The van der Waals surface area contributed by atoms with Crippen molar-refractivity contribution in [2.24, 2.45) is 0 Å². The van der Waals surface area contributed by atoms with Crippen molar-refractivity contribution in [1.29, 1.82) is 0 Å². The number of rotatable bonds is 3. The van der Waals surface area contributed by atoms with E-state index in [4.69, 9.17) is 11.6 Å². The highest BCUT2D eigenvalue weighted by Gasteiger charge is 2.20. The van der Waals surface area contributed by atoms with Gasteiger partial charge in [-0.05, 0) is 30.3 Å². The van der Waals surface area contributed by atoms with Gasteiger partial charge in [0.25, 0.3) is 0 Å². The number of hydrogen-bond acceptors (Lipinski definition) is 2. The average Bonchev–Trinajstić information content (AvgIpc) is 2.52. The van der Waals surface area contributed by atoms with E-state index < -0.39 is 11.6 Å². The maximum atomic E-state index is 13.7. The zero-order valence-electron chi connectivity index (χ0n) is 12.1. The molecule has 0 atom stereocenters. The third kappa shape index (κ3) is 3.39. The number of piperazine rings is 1. The van der Waals surface area contributed by atoms with Crippen molar-refractivity contribution < 1.29 is 8.78 Å². The minimum atomic E-state index is -0.475. The van der Waals surface area contributed by atoms with E-state index in [0.29, 0.717) is 11.6 Å². The van der Waals surface area contributed by atoms with Crippen molar-refractivity contribution in [3.05, 3.63) is 64.7 Å². The Morgan fingerprint density at radius 1 is 0.909 bits per heavy atom. The summed E-state index contributed by atoms with van der Waals surface area (Å²) in [5.41, 5.74) is 1.24. The van der Waals surface area contributed by atoms with Crippen molar-refractivity contribution >= 4 is 17.3 Å². The van der Waals surface area contributed by atoms with Gasteiger partial charge in [0.1, 0.15) is 11.6 Å². The van der Waals surface area contributed by atoms with Crippen LogP contribution in [-0.2, 0) is 6.54 Å². The Hall–Kier alpha value is -1.65. The van der Waals surface area contributed by atoms with Gasteiger partial charge in [-0.3, -0.25) is 4.90 Å². The molecule has 22 heavy (non-hydrogen) atoms. The Morgan fingerprint density at radius 3 is 2.18 bits per heavy atom. The molecule has 0 amide bonds. The third-order valence-electron chi connectivity index (χ3n) is 3.99. The Labute approximate surface area is 133 Å². The van der Waals surface area contributed by atoms with Crippen LogP contribution in [0.15, 0.2) is 42.5 Å². The van der Waals surface area contributed by atoms with Gasteiger partial charge in [0.15, 0.2) is 0 Å². The molecule has 1 saturated heterocycles. The second-order valence-electron chi connectivity index (χ2n) is 5.44. The first-order valence-electron chi connectivity index (χ1n) is 7.29. The molecule has 2 aromatic carbocycles. The normalized spacial score (nSPS) is 16.0. The van der Waals surface area contributed by atoms with Crippen LogP contribution in [0.2, 0.25) is 5.02 Å². The Bertz CT molecular complexity index is 635. The molecule has 0 aliphatic carbocycles. The standard InChI is InChI=1S/C17H17ClF2N2/c18-13-3-1-4-14(11-13)22-9-7-21(8-10-22)12-15-16(19)5-2-6-17(15)20/h1-6,11H,7-10,12H2. The van der Waals surface area contributed by atoms with Crippen LogP contribution in [0.3, 0.4) is 0 Å². The SMILES string of the molecule is Fc1cccc(F)c1CN1CCN(c2cccc(Cl)c2)CC1. The second kappa shape index (κ2) is 6.63. The lowest BCUT2D eigenvalue weighted by Crippen LogP contribution is -2.46. The lowest BCUT2D eigenvalue weighted by atomic mass is 10.1. The predicted molar refractivity (Wildman–Crippen MR) is 85.3 cm³/mol. The molecule has 1 aliphatic rings. The molecule has 2 aromatic rings. The number of nitrogens with zero attached hydrogens (tertiary/aromatic N) is 2. The van der Waals surface area contributed by atoms with Crippen molar-refractivity contribution in [3.63, 3.8) is 0 Å². The van der Waals surface area contributed by atoms with E-state index in [1.807, 2.05) is 24.3 Å². The molecule has 1 aliphatic heterocycles. The molecule has 116 valence electrons. The molecule has 5 heteroatoms. The van der Waals surface area contributed by atoms with Gasteiger partial charge in [-0.25, -0.2) is 8.78 Å². The topological polar surface area (TPSA) is 6.48 Å². The first kappa shape index (κ1) is 15.3. The number of hydrogen-bond donors (Lipinski definition) is 0. The molecule has 2 nitrogen and oxygen atoms in total. The van der Waals surface area contributed by atoms with Gasteiger partial charge in [0, 0.05) is 49.0 Å². The van der Waals surface area contributed by atoms with Crippen LogP contribution in [0, 0.1) is 11.6 Å². The summed E-state index contributed by atoms with van der Waals surface area (Å²) in [5, 5.41) is 0.716. The van der Waals surface area contributed by atoms with Crippen molar-refractivity contribution in [2.45, 2.75) is 6.54 Å². The Balaban J connectivity index is 1.62. The largest absolute Gasteiger partial charge is 0.369 e. The number of benzene rings is 2. The van der Waals surface area contributed by atoms with E-state index in [1.54, 1.807) is 0 Å². The van der Waals surface area contributed by atoms with Crippen LogP contribution in [0.1, 0.15) is 5.56 Å². The highest BCUT2D eigenvalue weighted by molar-refractivity contribution is 6.30. The third-order valence-corrected chi connectivity index (χ3v) is 4.22. The minimum absolute atomic E-state index is 0.152. The molecule has 3 rings (SSSR count). The van der Waals surface area contributed by atoms with Crippen LogP contribution in [0.5, 0.6) is 0 Å². The monoisotopic (exact) mass is 322 g/mol. The lowest BCUT2D eigenvalue weighted by Gasteiger charge is -2.36. The van der Waals surface area contributed by atoms with Crippen LogP contribution >= 0.6 is 11.6 Å². The van der Waals surface area contributed by atoms with E-state index in [9.17, 15) is 8.78 Å². The van der Waals surface area contributed by atoms with Gasteiger partial charge in [-0.1, -0.05) is 23.7 Å². The molecule has 0 spiro atoms. The molecule has 0 radical (unpaired) electrons. The van der Waals surface area contributed by atoms with E-state index >= 15 is 0 Å². The van der Waals surface area contributed by atoms with E-state index in [1.165, 1.54) is 18.2 Å². The maximum absolute atomic E-state index is 13.7. The molecule has 0 aromatic heterocycles. The van der Waals surface area contributed by atoms with Crippen molar-refractivity contribution in [3.8, 4) is 0 Å². The zero-order valence-corrected chi connectivity index (χ0v) is 12.9. The summed E-state index contributed by atoms with van der Waals surface area (Å²) in [4.78, 5) is 4.31. The fraction of sp³-hybridized carbons (Fsp3) is 0.294. The number of halogens is 3. The van der Waals surface area contributed by atoms with Gasteiger partial charge >= 0.3 is 0 Å². The first-order chi connectivity index (χ1) is 10.6. The number of anilines is 1. The first-order valence-corrected chi connectivity index (χ1v) is 7.67. The molecule has 1 heterocycles. The summed E-state index contributed by atoms with van der Waals surface area (Å²) in [6.45, 7) is 3.47. The van der Waals surface area contributed by atoms with Crippen LogP contribution in [0.4, 0.5) is 14.5 Å². The molecule has 1 fully saturated rings. The molecule has 0 saturated carbocycles. The van der Waals surface area contributed by atoms with Crippen molar-refractivity contribution in [2.75, 3.05) is 31.1 Å². The molecule has 0 bridgehead atoms. The van der Waals surface area contributed by atoms with Gasteiger partial charge in [-0.15, -0.1) is 0 Å². The predicted octanol–water partition coefficient (Wildman–Crippen LogP) is 3.94. The van der Waals surface area contributed by atoms with Gasteiger partial charge in [-0.2, -0.15) is 0 Å².